The van der Waals surface area contributed by atoms with Crippen molar-refractivity contribution in [3.8, 4) is 11.3 Å². The van der Waals surface area contributed by atoms with Gasteiger partial charge in [0.25, 0.3) is 0 Å². The quantitative estimate of drug-likeness (QED) is 0.789. The van der Waals surface area contributed by atoms with E-state index in [1.54, 1.807) is 11.3 Å². The molecule has 2 aromatic heterocycles. The van der Waals surface area contributed by atoms with E-state index in [1.165, 1.54) is 0 Å². The first-order valence-corrected chi connectivity index (χ1v) is 8.15. The van der Waals surface area contributed by atoms with Gasteiger partial charge in [0.15, 0.2) is 0 Å². The summed E-state index contributed by atoms with van der Waals surface area (Å²) in [5.41, 5.74) is 4.14. The van der Waals surface area contributed by atoms with Crippen LogP contribution in [-0.2, 0) is 11.2 Å². The molecule has 0 atom stereocenters. The molecule has 0 radical (unpaired) electrons. The minimum atomic E-state index is -0.0983. The first kappa shape index (κ1) is 15.4. The van der Waals surface area contributed by atoms with E-state index in [4.69, 9.17) is 4.52 Å². The van der Waals surface area contributed by atoms with Crippen molar-refractivity contribution < 1.29 is 9.32 Å². The van der Waals surface area contributed by atoms with Gasteiger partial charge in [-0.2, -0.15) is 0 Å². The van der Waals surface area contributed by atoms with Crippen molar-refractivity contribution in [2.24, 2.45) is 0 Å². The Morgan fingerprint density at radius 3 is 2.70 bits per heavy atom. The number of nitrogens with zero attached hydrogens (tertiary/aromatic N) is 2. The maximum absolute atomic E-state index is 12.4. The van der Waals surface area contributed by atoms with Crippen LogP contribution in [0.3, 0.4) is 0 Å². The third-order valence-electron chi connectivity index (χ3n) is 3.61. The van der Waals surface area contributed by atoms with E-state index in [-0.39, 0.29) is 12.3 Å². The second kappa shape index (κ2) is 6.34. The van der Waals surface area contributed by atoms with E-state index in [9.17, 15) is 4.79 Å². The molecule has 0 saturated carbocycles. The number of amides is 1. The molecular formula is C17H17N3O2S. The highest BCUT2D eigenvalue weighted by molar-refractivity contribution is 7.09. The van der Waals surface area contributed by atoms with Crippen molar-refractivity contribution >= 4 is 22.9 Å². The van der Waals surface area contributed by atoms with Crippen LogP contribution >= 0.6 is 11.3 Å². The predicted octanol–water partition coefficient (Wildman–Crippen LogP) is 3.90. The van der Waals surface area contributed by atoms with Crippen LogP contribution < -0.4 is 5.32 Å². The van der Waals surface area contributed by atoms with Gasteiger partial charge in [0.05, 0.1) is 28.5 Å². The van der Waals surface area contributed by atoms with Gasteiger partial charge in [-0.1, -0.05) is 23.4 Å². The topological polar surface area (TPSA) is 68.0 Å². The van der Waals surface area contributed by atoms with E-state index in [0.717, 1.165) is 33.2 Å². The van der Waals surface area contributed by atoms with Crippen molar-refractivity contribution in [2.75, 3.05) is 5.32 Å². The molecule has 1 aromatic carbocycles. The molecule has 2 heterocycles. The second-order valence-corrected chi connectivity index (χ2v) is 6.39. The van der Waals surface area contributed by atoms with Gasteiger partial charge in [0.2, 0.25) is 5.91 Å². The summed E-state index contributed by atoms with van der Waals surface area (Å²) in [4.78, 5) is 16.9. The number of rotatable bonds is 4. The fraction of sp³-hybridized carbons (Fsp3) is 0.235. The number of thiazole rings is 1. The molecule has 0 unspecified atom stereocenters. The van der Waals surface area contributed by atoms with Crippen LogP contribution in [0.4, 0.5) is 5.69 Å². The Kier molecular flexibility index (Phi) is 4.25. The van der Waals surface area contributed by atoms with Crippen LogP contribution in [0.1, 0.15) is 22.0 Å². The number of hydrogen-bond donors (Lipinski definition) is 1. The average Bonchev–Trinajstić information content (AvgIpc) is 3.08. The SMILES string of the molecule is Cc1nc(-c2ccccc2NC(=O)Cc2c(C)noc2C)cs1. The van der Waals surface area contributed by atoms with E-state index in [1.807, 2.05) is 50.4 Å². The summed E-state index contributed by atoms with van der Waals surface area (Å²) in [6.45, 7) is 5.62. The molecule has 0 spiro atoms. The molecule has 1 amide bonds. The number of benzene rings is 1. The summed E-state index contributed by atoms with van der Waals surface area (Å²) in [6, 6.07) is 7.68. The Morgan fingerprint density at radius 2 is 2.04 bits per heavy atom. The van der Waals surface area contributed by atoms with Crippen LogP contribution in [0.25, 0.3) is 11.3 Å². The second-order valence-electron chi connectivity index (χ2n) is 5.33. The molecule has 23 heavy (non-hydrogen) atoms. The van der Waals surface area contributed by atoms with Gasteiger partial charge in [-0.3, -0.25) is 4.79 Å². The Morgan fingerprint density at radius 1 is 1.26 bits per heavy atom. The lowest BCUT2D eigenvalue weighted by molar-refractivity contribution is -0.115. The third kappa shape index (κ3) is 3.32. The molecule has 1 N–H and O–H groups in total. The van der Waals surface area contributed by atoms with Gasteiger partial charge in [0, 0.05) is 16.5 Å². The zero-order valence-electron chi connectivity index (χ0n) is 13.2. The van der Waals surface area contributed by atoms with Gasteiger partial charge in [-0.05, 0) is 26.8 Å². The van der Waals surface area contributed by atoms with Gasteiger partial charge < -0.3 is 9.84 Å². The zero-order chi connectivity index (χ0) is 16.4. The van der Waals surface area contributed by atoms with Crippen LogP contribution in [0, 0.1) is 20.8 Å². The first-order valence-electron chi connectivity index (χ1n) is 7.27. The van der Waals surface area contributed by atoms with E-state index >= 15 is 0 Å². The number of nitrogens with one attached hydrogen (secondary N) is 1. The van der Waals surface area contributed by atoms with Crippen molar-refractivity contribution in [2.45, 2.75) is 27.2 Å². The van der Waals surface area contributed by atoms with Gasteiger partial charge >= 0.3 is 0 Å². The van der Waals surface area contributed by atoms with E-state index in [2.05, 4.69) is 15.5 Å². The standard InChI is InChI=1S/C17H17N3O2S/c1-10-14(11(2)22-20-10)8-17(21)19-15-7-5-4-6-13(15)16-9-23-12(3)18-16/h4-7,9H,8H2,1-3H3,(H,19,21). The molecule has 5 nitrogen and oxygen atoms in total. The van der Waals surface area contributed by atoms with Gasteiger partial charge in [-0.25, -0.2) is 4.98 Å². The largest absolute Gasteiger partial charge is 0.361 e. The van der Waals surface area contributed by atoms with Crippen LogP contribution in [0.5, 0.6) is 0 Å². The number of para-hydroxylation sites is 1. The molecule has 118 valence electrons. The van der Waals surface area contributed by atoms with Crippen molar-refractivity contribution in [3.05, 3.63) is 51.7 Å². The van der Waals surface area contributed by atoms with Crippen LogP contribution in [0.2, 0.25) is 0 Å². The maximum Gasteiger partial charge on any atom is 0.229 e. The number of carbonyl (C=O) groups excluding carboxylic acids is 1. The summed E-state index contributed by atoms with van der Waals surface area (Å²) < 4.78 is 5.10. The lowest BCUT2D eigenvalue weighted by Gasteiger charge is -2.09. The first-order chi connectivity index (χ1) is 11.0. The molecular weight excluding hydrogens is 310 g/mol. The monoisotopic (exact) mass is 327 g/mol. The number of aryl methyl sites for hydroxylation is 3. The Labute approximate surface area is 138 Å². The van der Waals surface area contributed by atoms with Crippen molar-refractivity contribution in [1.29, 1.82) is 0 Å². The molecule has 0 aliphatic carbocycles. The molecule has 0 fully saturated rings. The normalized spacial score (nSPS) is 10.7. The van der Waals surface area contributed by atoms with Gasteiger partial charge in [-0.15, -0.1) is 11.3 Å². The molecule has 3 aromatic rings. The number of carbonyl (C=O) groups is 1. The highest BCUT2D eigenvalue weighted by Gasteiger charge is 2.15. The highest BCUT2D eigenvalue weighted by atomic mass is 32.1. The fourth-order valence-electron chi connectivity index (χ4n) is 2.41. The smallest absolute Gasteiger partial charge is 0.229 e. The Bertz CT molecular complexity index is 832. The van der Waals surface area contributed by atoms with Gasteiger partial charge in [0.1, 0.15) is 5.76 Å². The summed E-state index contributed by atoms with van der Waals surface area (Å²) in [6.07, 6.45) is 0.242. The Balaban J connectivity index is 1.82. The zero-order valence-corrected chi connectivity index (χ0v) is 14.0. The number of aromatic nitrogens is 2. The van der Waals surface area contributed by atoms with Crippen LogP contribution in [-0.4, -0.2) is 16.0 Å². The van der Waals surface area contributed by atoms with Crippen LogP contribution in [0.15, 0.2) is 34.2 Å². The minimum absolute atomic E-state index is 0.0983. The highest BCUT2D eigenvalue weighted by Crippen LogP contribution is 2.29. The predicted molar refractivity (Wildman–Crippen MR) is 90.6 cm³/mol. The lowest BCUT2D eigenvalue weighted by Crippen LogP contribution is -2.15. The molecule has 0 bridgehead atoms. The summed E-state index contributed by atoms with van der Waals surface area (Å²) >= 11 is 1.59. The molecule has 0 aliphatic heterocycles. The van der Waals surface area contributed by atoms with E-state index in [0.29, 0.717) is 5.76 Å². The molecule has 0 saturated heterocycles. The van der Waals surface area contributed by atoms with Crippen molar-refractivity contribution in [1.82, 2.24) is 10.1 Å². The van der Waals surface area contributed by atoms with Crippen molar-refractivity contribution in [3.63, 3.8) is 0 Å². The summed E-state index contributed by atoms with van der Waals surface area (Å²) in [5, 5.41) is 9.84. The molecule has 6 heteroatoms. The maximum atomic E-state index is 12.4. The third-order valence-corrected chi connectivity index (χ3v) is 4.39. The summed E-state index contributed by atoms with van der Waals surface area (Å²) in [5.74, 6) is 0.583. The molecule has 0 aliphatic rings. The fourth-order valence-corrected chi connectivity index (χ4v) is 3.02. The number of anilines is 1. The Hall–Kier alpha value is -2.47. The molecule has 3 rings (SSSR count). The number of hydrogen-bond acceptors (Lipinski definition) is 5. The van der Waals surface area contributed by atoms with E-state index < -0.39 is 0 Å². The summed E-state index contributed by atoms with van der Waals surface area (Å²) in [7, 11) is 0. The lowest BCUT2D eigenvalue weighted by atomic mass is 10.1. The minimum Gasteiger partial charge on any atom is -0.361 e. The average molecular weight is 327 g/mol.